The zero-order valence-corrected chi connectivity index (χ0v) is 10.0. The number of carbonyl (C=O) groups is 1. The van der Waals surface area contributed by atoms with Gasteiger partial charge in [-0.05, 0) is 18.6 Å². The number of hydrogen-bond acceptors (Lipinski definition) is 4. The highest BCUT2D eigenvalue weighted by Crippen LogP contribution is 2.37. The Kier molecular flexibility index (Phi) is 4.13. The molecule has 8 heteroatoms. The number of halogens is 3. The standard InChI is InChI=1S/C11H10F3NO4/c1-6(10(16)19-2)7-3-4-9(15(17)18)8(5-7)11(12,13)14/h3-6H,1-2H3/t6-/m1/s1. The molecule has 0 aliphatic rings. The fraction of sp³-hybridized carbons (Fsp3) is 0.364. The Bertz CT molecular complexity index is 513. The molecule has 1 aromatic carbocycles. The van der Waals surface area contributed by atoms with Gasteiger partial charge < -0.3 is 4.74 Å². The van der Waals surface area contributed by atoms with Crippen LogP contribution in [-0.2, 0) is 15.7 Å². The summed E-state index contributed by atoms with van der Waals surface area (Å²) in [5.74, 6) is -1.66. The van der Waals surface area contributed by atoms with Crippen molar-refractivity contribution in [1.29, 1.82) is 0 Å². The molecule has 19 heavy (non-hydrogen) atoms. The molecule has 0 aromatic heterocycles. The molecule has 0 aliphatic carbocycles. The van der Waals surface area contributed by atoms with E-state index in [0.29, 0.717) is 6.07 Å². The number of alkyl halides is 3. The highest BCUT2D eigenvalue weighted by molar-refractivity contribution is 5.77. The summed E-state index contributed by atoms with van der Waals surface area (Å²) in [5.41, 5.74) is -2.43. The van der Waals surface area contributed by atoms with E-state index in [1.165, 1.54) is 6.92 Å². The fourth-order valence-corrected chi connectivity index (χ4v) is 1.52. The molecule has 0 saturated carbocycles. The summed E-state index contributed by atoms with van der Waals surface area (Å²) >= 11 is 0. The Balaban J connectivity index is 3.34. The summed E-state index contributed by atoms with van der Waals surface area (Å²) in [6.07, 6.45) is -4.87. The molecular weight excluding hydrogens is 267 g/mol. The lowest BCUT2D eigenvalue weighted by atomic mass is 9.98. The number of ether oxygens (including phenoxy) is 1. The largest absolute Gasteiger partial charge is 0.469 e. The van der Waals surface area contributed by atoms with E-state index in [-0.39, 0.29) is 5.56 Å². The smallest absolute Gasteiger partial charge is 0.423 e. The SMILES string of the molecule is COC(=O)[C@H](C)c1ccc([N+](=O)[O-])c(C(F)(F)F)c1. The number of nitrogens with zero attached hydrogens (tertiary/aromatic N) is 1. The van der Waals surface area contributed by atoms with Gasteiger partial charge in [0.2, 0.25) is 0 Å². The predicted molar refractivity (Wildman–Crippen MR) is 58.5 cm³/mol. The molecular formula is C11H10F3NO4. The second-order valence-corrected chi connectivity index (χ2v) is 3.78. The lowest BCUT2D eigenvalue weighted by Crippen LogP contribution is -2.14. The van der Waals surface area contributed by atoms with Crippen molar-refractivity contribution < 1.29 is 27.6 Å². The van der Waals surface area contributed by atoms with Crippen LogP contribution in [0.15, 0.2) is 18.2 Å². The van der Waals surface area contributed by atoms with Crippen LogP contribution in [-0.4, -0.2) is 18.0 Å². The highest BCUT2D eigenvalue weighted by Gasteiger charge is 2.39. The number of benzene rings is 1. The van der Waals surface area contributed by atoms with Gasteiger partial charge in [-0.3, -0.25) is 14.9 Å². The molecule has 0 heterocycles. The second kappa shape index (κ2) is 5.25. The van der Waals surface area contributed by atoms with Crippen LogP contribution in [0.4, 0.5) is 18.9 Å². The van der Waals surface area contributed by atoms with Crippen LogP contribution in [0.25, 0.3) is 0 Å². The molecule has 1 rings (SSSR count). The molecule has 0 unspecified atom stereocenters. The van der Waals surface area contributed by atoms with E-state index in [1.54, 1.807) is 0 Å². The quantitative estimate of drug-likeness (QED) is 0.484. The Morgan fingerprint density at radius 2 is 2.00 bits per heavy atom. The molecule has 0 N–H and O–H groups in total. The van der Waals surface area contributed by atoms with Crippen molar-refractivity contribution >= 4 is 11.7 Å². The molecule has 0 saturated heterocycles. The van der Waals surface area contributed by atoms with Crippen LogP contribution in [0.3, 0.4) is 0 Å². The first-order valence-corrected chi connectivity index (χ1v) is 5.11. The topological polar surface area (TPSA) is 69.4 Å². The zero-order valence-electron chi connectivity index (χ0n) is 10.0. The van der Waals surface area contributed by atoms with Gasteiger partial charge in [-0.15, -0.1) is 0 Å². The molecule has 0 spiro atoms. The lowest BCUT2D eigenvalue weighted by Gasteiger charge is -2.13. The van der Waals surface area contributed by atoms with Crippen LogP contribution in [0.2, 0.25) is 0 Å². The van der Waals surface area contributed by atoms with Crippen molar-refractivity contribution in [2.45, 2.75) is 19.0 Å². The van der Waals surface area contributed by atoms with E-state index in [9.17, 15) is 28.1 Å². The van der Waals surface area contributed by atoms with Gasteiger partial charge in [0.1, 0.15) is 5.56 Å². The molecule has 0 amide bonds. The molecule has 0 fully saturated rings. The highest BCUT2D eigenvalue weighted by atomic mass is 19.4. The van der Waals surface area contributed by atoms with E-state index in [2.05, 4.69) is 4.74 Å². The average molecular weight is 277 g/mol. The number of methoxy groups -OCH3 is 1. The molecule has 0 aliphatic heterocycles. The van der Waals surface area contributed by atoms with Crippen LogP contribution < -0.4 is 0 Å². The summed E-state index contributed by atoms with van der Waals surface area (Å²) < 4.78 is 42.6. The first kappa shape index (κ1) is 14.9. The maximum atomic E-state index is 12.7. The van der Waals surface area contributed by atoms with E-state index < -0.39 is 34.2 Å². The molecule has 0 radical (unpaired) electrons. The number of hydrogen-bond donors (Lipinski definition) is 0. The van der Waals surface area contributed by atoms with Gasteiger partial charge in [-0.25, -0.2) is 0 Å². The van der Waals surface area contributed by atoms with Gasteiger partial charge in [-0.2, -0.15) is 13.2 Å². The molecule has 1 atom stereocenters. The third kappa shape index (κ3) is 3.21. The van der Waals surface area contributed by atoms with Crippen LogP contribution >= 0.6 is 0 Å². The maximum Gasteiger partial charge on any atom is 0.423 e. The molecule has 5 nitrogen and oxygen atoms in total. The Morgan fingerprint density at radius 3 is 2.42 bits per heavy atom. The van der Waals surface area contributed by atoms with Gasteiger partial charge in [-0.1, -0.05) is 6.07 Å². The van der Waals surface area contributed by atoms with Crippen molar-refractivity contribution in [3.63, 3.8) is 0 Å². The number of rotatable bonds is 3. The van der Waals surface area contributed by atoms with E-state index in [0.717, 1.165) is 19.2 Å². The first-order valence-electron chi connectivity index (χ1n) is 5.11. The van der Waals surface area contributed by atoms with Gasteiger partial charge in [0.05, 0.1) is 18.0 Å². The summed E-state index contributed by atoms with van der Waals surface area (Å²) in [6.45, 7) is 1.35. The molecule has 1 aromatic rings. The van der Waals surface area contributed by atoms with E-state index in [4.69, 9.17) is 0 Å². The zero-order chi connectivity index (χ0) is 14.8. The molecule has 0 bridgehead atoms. The van der Waals surface area contributed by atoms with Gasteiger partial charge in [0, 0.05) is 6.07 Å². The normalized spacial score (nSPS) is 12.9. The lowest BCUT2D eigenvalue weighted by molar-refractivity contribution is -0.388. The summed E-state index contributed by atoms with van der Waals surface area (Å²) in [6, 6.07) is 2.44. The minimum Gasteiger partial charge on any atom is -0.469 e. The van der Waals surface area contributed by atoms with Crippen LogP contribution in [0.1, 0.15) is 24.0 Å². The number of nitro groups is 1. The van der Waals surface area contributed by atoms with Gasteiger partial charge in [0.25, 0.3) is 5.69 Å². The first-order chi connectivity index (χ1) is 8.68. The monoisotopic (exact) mass is 277 g/mol. The van der Waals surface area contributed by atoms with Crippen molar-refractivity contribution in [3.8, 4) is 0 Å². The van der Waals surface area contributed by atoms with Crippen molar-refractivity contribution in [2.24, 2.45) is 0 Å². The number of carbonyl (C=O) groups excluding carboxylic acids is 1. The Hall–Kier alpha value is -2.12. The molecule has 104 valence electrons. The average Bonchev–Trinajstić information content (AvgIpc) is 2.35. The summed E-state index contributed by atoms with van der Waals surface area (Å²) in [4.78, 5) is 20.7. The fourth-order valence-electron chi connectivity index (χ4n) is 1.52. The summed E-state index contributed by atoms with van der Waals surface area (Å²) in [5, 5.41) is 10.6. The minimum absolute atomic E-state index is 0.00442. The van der Waals surface area contributed by atoms with E-state index in [1.807, 2.05) is 0 Å². The Labute approximate surface area is 106 Å². The van der Waals surface area contributed by atoms with Crippen molar-refractivity contribution in [2.75, 3.05) is 7.11 Å². The predicted octanol–water partition coefficient (Wildman–Crippen LogP) is 2.89. The van der Waals surface area contributed by atoms with Crippen molar-refractivity contribution in [3.05, 3.63) is 39.4 Å². The number of esters is 1. The van der Waals surface area contributed by atoms with E-state index >= 15 is 0 Å². The van der Waals surface area contributed by atoms with Gasteiger partial charge >= 0.3 is 12.1 Å². The van der Waals surface area contributed by atoms with Gasteiger partial charge in [0.15, 0.2) is 0 Å². The number of nitro benzene ring substituents is 1. The summed E-state index contributed by atoms with van der Waals surface area (Å²) in [7, 11) is 1.11. The maximum absolute atomic E-state index is 12.7. The van der Waals surface area contributed by atoms with Crippen LogP contribution in [0.5, 0.6) is 0 Å². The Morgan fingerprint density at radius 1 is 1.42 bits per heavy atom. The third-order valence-corrected chi connectivity index (χ3v) is 2.58. The minimum atomic E-state index is -4.87. The second-order valence-electron chi connectivity index (χ2n) is 3.78. The van der Waals surface area contributed by atoms with Crippen LogP contribution in [0, 0.1) is 10.1 Å². The van der Waals surface area contributed by atoms with Crippen molar-refractivity contribution in [1.82, 2.24) is 0 Å². The third-order valence-electron chi connectivity index (χ3n) is 2.58.